The zero-order valence-electron chi connectivity index (χ0n) is 26.8. The largest absolute Gasteiger partial charge is 0.375 e. The van der Waals surface area contributed by atoms with Gasteiger partial charge in [0, 0.05) is 24.9 Å². The summed E-state index contributed by atoms with van der Waals surface area (Å²) in [4.78, 5) is 2.30. The van der Waals surface area contributed by atoms with Crippen molar-refractivity contribution < 1.29 is 4.74 Å². The van der Waals surface area contributed by atoms with E-state index in [2.05, 4.69) is 177 Å². The fraction of sp³-hybridized carbons (Fsp3) is 0.159. The Morgan fingerprint density at radius 1 is 0.739 bits per heavy atom. The molecule has 0 fully saturated rings. The molecule has 0 aromatic heterocycles. The maximum atomic E-state index is 7.32. The Hall–Kier alpha value is -5.14. The highest BCUT2D eigenvalue weighted by molar-refractivity contribution is 5.94. The standard InChI is InChI=1S/C44H39NO/c1-4-29-45(3)39-25-23-38(24-26-39)44(37-13-6-5-7-14-37)28-27-36-30-40(46-44)31-43(42-16-9-8-15-41(36)42)35-12-10-11-33(21-22-35)34-19-17-32(2)18-20-34/h5-10,12-28,30-31,40H,4,29H2,1-3H3. The van der Waals surface area contributed by atoms with Crippen LogP contribution >= 0.6 is 0 Å². The summed E-state index contributed by atoms with van der Waals surface area (Å²) in [6.45, 7) is 5.35. The predicted octanol–water partition coefficient (Wildman–Crippen LogP) is 10.3. The highest BCUT2D eigenvalue weighted by atomic mass is 16.5. The number of ether oxygens (including phenoxy) is 1. The van der Waals surface area contributed by atoms with Gasteiger partial charge in [-0.05, 0) is 106 Å². The SMILES string of the molecule is CCCN(C)c1ccc(C2(c3ccccc3)C=CC3=CC(C=C(C4=CC=C=C(c5ccc(C)cc5)C=C4)c4ccccc43)O2)cc1. The van der Waals surface area contributed by atoms with Crippen molar-refractivity contribution in [2.75, 3.05) is 18.5 Å². The van der Waals surface area contributed by atoms with Gasteiger partial charge in [-0.2, -0.15) is 0 Å². The van der Waals surface area contributed by atoms with Gasteiger partial charge in [0.1, 0.15) is 5.60 Å². The fourth-order valence-electron chi connectivity index (χ4n) is 6.66. The van der Waals surface area contributed by atoms with Crippen molar-refractivity contribution in [3.8, 4) is 0 Å². The van der Waals surface area contributed by atoms with Crippen LogP contribution in [0.4, 0.5) is 5.69 Å². The van der Waals surface area contributed by atoms with Crippen molar-refractivity contribution in [2.24, 2.45) is 0 Å². The second-order valence-corrected chi connectivity index (χ2v) is 12.3. The summed E-state index contributed by atoms with van der Waals surface area (Å²) in [5.41, 5.74) is 15.5. The van der Waals surface area contributed by atoms with Crippen molar-refractivity contribution in [2.45, 2.75) is 32.0 Å². The molecule has 4 aromatic carbocycles. The Labute approximate surface area is 273 Å². The molecule has 2 bridgehead atoms. The highest BCUT2D eigenvalue weighted by Gasteiger charge is 2.37. The number of aryl methyl sites for hydroxylation is 1. The van der Waals surface area contributed by atoms with E-state index in [-0.39, 0.29) is 6.10 Å². The molecule has 2 atom stereocenters. The van der Waals surface area contributed by atoms with Crippen LogP contribution in [-0.4, -0.2) is 19.7 Å². The van der Waals surface area contributed by atoms with Gasteiger partial charge in [0.15, 0.2) is 0 Å². The lowest BCUT2D eigenvalue weighted by atomic mass is 9.84. The molecule has 0 saturated carbocycles. The molecule has 1 heterocycles. The van der Waals surface area contributed by atoms with Gasteiger partial charge in [-0.25, -0.2) is 0 Å². The van der Waals surface area contributed by atoms with Gasteiger partial charge in [0.2, 0.25) is 0 Å². The minimum Gasteiger partial charge on any atom is -0.375 e. The van der Waals surface area contributed by atoms with Crippen LogP contribution in [0, 0.1) is 6.92 Å². The minimum atomic E-state index is -0.770. The quantitative estimate of drug-likeness (QED) is 0.197. The number of nitrogens with zero attached hydrogens (tertiary/aromatic N) is 1. The smallest absolute Gasteiger partial charge is 0.138 e. The summed E-state index contributed by atoms with van der Waals surface area (Å²) in [5, 5.41) is 0. The van der Waals surface area contributed by atoms with Crippen LogP contribution in [0.2, 0.25) is 0 Å². The van der Waals surface area contributed by atoms with Crippen LogP contribution in [0.5, 0.6) is 0 Å². The van der Waals surface area contributed by atoms with E-state index in [0.29, 0.717) is 0 Å². The number of allylic oxidation sites excluding steroid dienone is 8. The van der Waals surface area contributed by atoms with E-state index in [0.717, 1.165) is 51.9 Å². The molecular weight excluding hydrogens is 558 g/mol. The molecule has 0 saturated heterocycles. The zero-order chi connectivity index (χ0) is 31.5. The lowest BCUT2D eigenvalue weighted by Crippen LogP contribution is -2.32. The first-order chi connectivity index (χ1) is 22.5. The first-order valence-electron chi connectivity index (χ1n) is 16.2. The number of hydrogen-bond acceptors (Lipinski definition) is 2. The molecule has 2 unspecified atom stereocenters. The molecular formula is C44H39NO. The van der Waals surface area contributed by atoms with E-state index in [1.807, 2.05) is 6.08 Å². The van der Waals surface area contributed by atoms with E-state index in [1.54, 1.807) is 0 Å². The lowest BCUT2D eigenvalue weighted by molar-refractivity contribution is 0.00428. The van der Waals surface area contributed by atoms with Gasteiger partial charge in [-0.1, -0.05) is 116 Å². The van der Waals surface area contributed by atoms with E-state index in [1.165, 1.54) is 22.4 Å². The van der Waals surface area contributed by atoms with Crippen LogP contribution in [0.25, 0.3) is 16.7 Å². The fourth-order valence-corrected chi connectivity index (χ4v) is 6.66. The maximum Gasteiger partial charge on any atom is 0.138 e. The molecule has 46 heavy (non-hydrogen) atoms. The Kier molecular flexibility index (Phi) is 8.16. The molecule has 0 amide bonds. The molecule has 2 aliphatic carbocycles. The molecule has 2 nitrogen and oxygen atoms in total. The third-order valence-corrected chi connectivity index (χ3v) is 9.13. The summed E-state index contributed by atoms with van der Waals surface area (Å²) in [5.74, 6) is 0. The first kappa shape index (κ1) is 29.6. The van der Waals surface area contributed by atoms with Gasteiger partial charge < -0.3 is 9.64 Å². The van der Waals surface area contributed by atoms with Gasteiger partial charge in [0.05, 0.1) is 6.10 Å². The Morgan fingerprint density at radius 2 is 1.46 bits per heavy atom. The Morgan fingerprint density at radius 3 is 2.22 bits per heavy atom. The van der Waals surface area contributed by atoms with E-state index in [4.69, 9.17) is 4.74 Å². The summed E-state index contributed by atoms with van der Waals surface area (Å²) >= 11 is 0. The lowest BCUT2D eigenvalue weighted by Gasteiger charge is -2.34. The van der Waals surface area contributed by atoms with Crippen LogP contribution in [0.15, 0.2) is 163 Å². The Balaban J connectivity index is 1.32. The topological polar surface area (TPSA) is 12.5 Å². The third kappa shape index (κ3) is 5.70. The molecule has 0 N–H and O–H groups in total. The zero-order valence-corrected chi connectivity index (χ0v) is 26.8. The number of rotatable bonds is 7. The van der Waals surface area contributed by atoms with Crippen LogP contribution in [-0.2, 0) is 10.3 Å². The molecule has 0 radical (unpaired) electrons. The van der Waals surface area contributed by atoms with Crippen molar-refractivity contribution in [3.63, 3.8) is 0 Å². The molecule has 7 rings (SSSR count). The first-order valence-corrected chi connectivity index (χ1v) is 16.2. The number of benzene rings is 4. The van der Waals surface area contributed by atoms with Crippen molar-refractivity contribution in [1.82, 2.24) is 0 Å². The molecule has 0 spiro atoms. The number of hydrogen-bond donors (Lipinski definition) is 0. The summed E-state index contributed by atoms with van der Waals surface area (Å²) < 4.78 is 7.32. The normalized spacial score (nSPS) is 19.9. The van der Waals surface area contributed by atoms with Gasteiger partial charge >= 0.3 is 0 Å². The second-order valence-electron chi connectivity index (χ2n) is 12.3. The third-order valence-electron chi connectivity index (χ3n) is 9.13. The maximum absolute atomic E-state index is 7.32. The van der Waals surface area contributed by atoms with Gasteiger partial charge in [0.25, 0.3) is 0 Å². The molecule has 3 aliphatic rings. The van der Waals surface area contributed by atoms with Gasteiger partial charge in [-0.15, -0.1) is 5.73 Å². The monoisotopic (exact) mass is 597 g/mol. The average molecular weight is 598 g/mol. The molecule has 2 heteroatoms. The van der Waals surface area contributed by atoms with E-state index in [9.17, 15) is 0 Å². The molecule has 1 aliphatic heterocycles. The van der Waals surface area contributed by atoms with Crippen molar-refractivity contribution in [1.29, 1.82) is 0 Å². The van der Waals surface area contributed by atoms with Crippen LogP contribution in [0.1, 0.15) is 46.7 Å². The summed E-state index contributed by atoms with van der Waals surface area (Å²) in [7, 11) is 2.15. The molecule has 226 valence electrons. The highest BCUT2D eigenvalue weighted by Crippen LogP contribution is 2.44. The molecule has 4 aromatic rings. The van der Waals surface area contributed by atoms with Crippen LogP contribution < -0.4 is 4.90 Å². The second kappa shape index (κ2) is 12.7. The number of fused-ring (bicyclic) bond motifs is 3. The summed E-state index contributed by atoms with van der Waals surface area (Å²) in [6, 6.07) is 36.8. The number of anilines is 1. The van der Waals surface area contributed by atoms with Crippen molar-refractivity contribution >= 4 is 22.4 Å². The summed E-state index contributed by atoms with van der Waals surface area (Å²) in [6.07, 6.45) is 18.5. The Bertz CT molecular complexity index is 1960. The predicted molar refractivity (Wildman–Crippen MR) is 194 cm³/mol. The van der Waals surface area contributed by atoms with E-state index >= 15 is 0 Å². The van der Waals surface area contributed by atoms with Crippen molar-refractivity contribution in [3.05, 3.63) is 196 Å². The average Bonchev–Trinajstić information content (AvgIpc) is 3.52. The minimum absolute atomic E-state index is 0.277. The van der Waals surface area contributed by atoms with E-state index < -0.39 is 5.60 Å². The van der Waals surface area contributed by atoms with Gasteiger partial charge in [-0.3, -0.25) is 0 Å². The van der Waals surface area contributed by atoms with Crippen LogP contribution in [0.3, 0.4) is 0 Å².